The molecular weight excluding hydrogens is 572 g/mol. The number of nitrogens with one attached hydrogen (secondary N) is 1. The van der Waals surface area contributed by atoms with Crippen molar-refractivity contribution >= 4 is 31.0 Å². The van der Waals surface area contributed by atoms with Crippen LogP contribution in [0.25, 0.3) is 0 Å². The topological polar surface area (TPSA) is 135 Å². The Balaban J connectivity index is 0.00000423. The number of rotatable bonds is 15. The van der Waals surface area contributed by atoms with E-state index in [-0.39, 0.29) is 31.7 Å². The zero-order valence-electron chi connectivity index (χ0n) is 25.0. The van der Waals surface area contributed by atoms with Gasteiger partial charge in [0.15, 0.2) is 17.9 Å². The van der Waals surface area contributed by atoms with Crippen molar-refractivity contribution in [3.63, 3.8) is 0 Å². The van der Waals surface area contributed by atoms with Crippen molar-refractivity contribution in [3.05, 3.63) is 58.9 Å². The maximum absolute atomic E-state index is 13.2. The highest BCUT2D eigenvalue weighted by Crippen LogP contribution is 2.25. The number of ketones is 1. The lowest BCUT2D eigenvalue weighted by molar-refractivity contribution is 0.0209. The number of aryl methyl sites for hydroxylation is 1. The Labute approximate surface area is 259 Å². The number of likely N-dealkylation sites (N-methyl/N-ethyl adjacent to an activating group) is 1. The summed E-state index contributed by atoms with van der Waals surface area (Å²) in [6.07, 6.45) is 2.21. The van der Waals surface area contributed by atoms with E-state index in [2.05, 4.69) is 37.3 Å². The minimum absolute atomic E-state index is 0. The maximum Gasteiger partial charge on any atom is 0.227 e. The monoisotopic (exact) mass is 614 g/mol. The van der Waals surface area contributed by atoms with Gasteiger partial charge in [-0.3, -0.25) is 9.69 Å². The Morgan fingerprint density at radius 3 is 2.81 bits per heavy atom. The SMILES string of the molecule is COCCN(C)c1nc(NC2COC2)cc(C(=O)CC[C@H](O)CN2CCc3cc(OCc4ocnc4C)ccc3C2)n1.S. The van der Waals surface area contributed by atoms with E-state index in [9.17, 15) is 9.90 Å². The summed E-state index contributed by atoms with van der Waals surface area (Å²) in [7, 11) is 3.51. The molecule has 0 bridgehead atoms. The van der Waals surface area contributed by atoms with Crippen molar-refractivity contribution in [1.82, 2.24) is 19.9 Å². The number of aliphatic hydroxyl groups excluding tert-OH is 1. The molecule has 0 saturated carbocycles. The molecule has 0 unspecified atom stereocenters. The second kappa shape index (κ2) is 15.5. The molecule has 234 valence electrons. The zero-order valence-corrected chi connectivity index (χ0v) is 26.0. The van der Waals surface area contributed by atoms with Crippen LogP contribution in [-0.4, -0.2) is 96.5 Å². The number of carbonyl (C=O) groups is 1. The fraction of sp³-hybridized carbons (Fsp3) is 0.533. The predicted octanol–water partition coefficient (Wildman–Crippen LogP) is 2.74. The van der Waals surface area contributed by atoms with Gasteiger partial charge in [0.05, 0.1) is 37.7 Å². The van der Waals surface area contributed by atoms with Crippen molar-refractivity contribution in [3.8, 4) is 5.75 Å². The molecule has 2 aliphatic rings. The number of nitrogens with zero attached hydrogens (tertiary/aromatic N) is 5. The van der Waals surface area contributed by atoms with Gasteiger partial charge in [0.1, 0.15) is 23.9 Å². The molecule has 1 fully saturated rings. The lowest BCUT2D eigenvalue weighted by Crippen LogP contribution is -2.40. The van der Waals surface area contributed by atoms with Crippen LogP contribution < -0.4 is 15.0 Å². The Morgan fingerprint density at radius 2 is 2.09 bits per heavy atom. The third kappa shape index (κ3) is 8.89. The van der Waals surface area contributed by atoms with Crippen molar-refractivity contribution < 1.29 is 28.5 Å². The number of methoxy groups -OCH3 is 1. The number of ether oxygens (including phenoxy) is 3. The third-order valence-corrected chi connectivity index (χ3v) is 7.62. The van der Waals surface area contributed by atoms with E-state index < -0.39 is 6.10 Å². The number of benzene rings is 1. The van der Waals surface area contributed by atoms with E-state index in [1.807, 2.05) is 24.9 Å². The highest BCUT2D eigenvalue weighted by molar-refractivity contribution is 7.59. The van der Waals surface area contributed by atoms with Crippen LogP contribution in [0, 0.1) is 6.92 Å². The summed E-state index contributed by atoms with van der Waals surface area (Å²) in [5.74, 6) is 2.45. The number of Topliss-reactive ketones (excluding diaryl/α,β-unsaturated/α-hetero) is 1. The average molecular weight is 615 g/mol. The van der Waals surface area contributed by atoms with Gasteiger partial charge in [0.2, 0.25) is 5.95 Å². The Morgan fingerprint density at radius 1 is 1.26 bits per heavy atom. The third-order valence-electron chi connectivity index (χ3n) is 7.62. The van der Waals surface area contributed by atoms with Gasteiger partial charge in [-0.05, 0) is 43.0 Å². The van der Waals surface area contributed by atoms with Gasteiger partial charge < -0.3 is 34.0 Å². The van der Waals surface area contributed by atoms with Crippen molar-refractivity contribution in [2.75, 3.05) is 63.8 Å². The van der Waals surface area contributed by atoms with Crippen LogP contribution in [0.15, 0.2) is 35.1 Å². The molecule has 2 aromatic heterocycles. The molecule has 2 N–H and O–H groups in total. The van der Waals surface area contributed by atoms with Crippen molar-refractivity contribution in [2.45, 2.75) is 51.5 Å². The van der Waals surface area contributed by atoms with Crippen molar-refractivity contribution in [1.29, 1.82) is 0 Å². The first kappa shape index (κ1) is 32.7. The van der Waals surface area contributed by atoms with Gasteiger partial charge >= 0.3 is 0 Å². The van der Waals surface area contributed by atoms with Gasteiger partial charge in [-0.25, -0.2) is 9.97 Å². The van der Waals surface area contributed by atoms with E-state index in [0.29, 0.717) is 63.4 Å². The molecule has 13 heteroatoms. The van der Waals surface area contributed by atoms with E-state index >= 15 is 0 Å². The van der Waals surface area contributed by atoms with Gasteiger partial charge in [-0.2, -0.15) is 18.5 Å². The van der Waals surface area contributed by atoms with Crippen LogP contribution in [0.1, 0.15) is 45.9 Å². The summed E-state index contributed by atoms with van der Waals surface area (Å²) < 4.78 is 21.7. The number of hydrogen-bond donors (Lipinski definition) is 2. The molecular formula is C30H42N6O6S. The fourth-order valence-electron chi connectivity index (χ4n) is 4.94. The van der Waals surface area contributed by atoms with Crippen LogP contribution in [0.3, 0.4) is 0 Å². The smallest absolute Gasteiger partial charge is 0.227 e. The molecule has 0 aliphatic carbocycles. The molecule has 0 radical (unpaired) electrons. The minimum atomic E-state index is -0.626. The second-order valence-corrected chi connectivity index (χ2v) is 10.9. The number of carbonyl (C=O) groups excluding carboxylic acids is 1. The fourth-order valence-corrected chi connectivity index (χ4v) is 4.94. The summed E-state index contributed by atoms with van der Waals surface area (Å²) >= 11 is 0. The van der Waals surface area contributed by atoms with Crippen LogP contribution in [0.2, 0.25) is 0 Å². The molecule has 2 aliphatic heterocycles. The Hall–Kier alpha value is -3.23. The Kier molecular flexibility index (Phi) is 11.8. The van der Waals surface area contributed by atoms with E-state index in [0.717, 1.165) is 36.7 Å². The molecule has 12 nitrogen and oxygen atoms in total. The van der Waals surface area contributed by atoms with Crippen LogP contribution in [-0.2, 0) is 29.0 Å². The predicted molar refractivity (Wildman–Crippen MR) is 166 cm³/mol. The molecule has 43 heavy (non-hydrogen) atoms. The number of aliphatic hydroxyl groups is 1. The van der Waals surface area contributed by atoms with E-state index in [4.69, 9.17) is 18.6 Å². The molecule has 5 rings (SSSR count). The first-order valence-electron chi connectivity index (χ1n) is 14.4. The van der Waals surface area contributed by atoms with Crippen molar-refractivity contribution in [2.24, 2.45) is 0 Å². The van der Waals surface area contributed by atoms with Gasteiger partial charge in [0, 0.05) is 52.8 Å². The van der Waals surface area contributed by atoms with Crippen LogP contribution >= 0.6 is 13.5 Å². The standard InChI is InChI=1S/C30H40N6O6.H2S/c1-20-28(42-19-31-20)18-41-25-6-4-22-14-36(9-8-21(22)12-25)15-24(37)5-7-27(38)26-13-29(32-23-16-40-17-23)34-30(33-26)35(2)10-11-39-3;/h4,6,12-13,19,23-24,37H,5,7-11,14-18H2,1-3H3,(H,32,33,34);1H2/t24-;/m0./s1. The van der Waals surface area contributed by atoms with Gasteiger partial charge in [0.25, 0.3) is 0 Å². The summed E-state index contributed by atoms with van der Waals surface area (Å²) in [6, 6.07) is 7.98. The molecule has 1 aromatic carbocycles. The Bertz CT molecular complexity index is 1350. The maximum atomic E-state index is 13.2. The number of aromatic nitrogens is 3. The molecule has 0 amide bonds. The summed E-state index contributed by atoms with van der Waals surface area (Å²) in [4.78, 5) is 30.5. The van der Waals surface area contributed by atoms with Crippen LogP contribution in [0.4, 0.5) is 11.8 Å². The number of hydrogen-bond acceptors (Lipinski definition) is 12. The second-order valence-electron chi connectivity index (χ2n) is 10.9. The van der Waals surface area contributed by atoms with Gasteiger partial charge in [-0.1, -0.05) is 6.07 Å². The molecule has 1 atom stereocenters. The zero-order chi connectivity index (χ0) is 29.5. The number of β-amino-alcohol motifs (C(OH)–C–C–N with tert-alkyl or cyclic N) is 1. The van der Waals surface area contributed by atoms with Gasteiger partial charge in [-0.15, -0.1) is 0 Å². The van der Waals surface area contributed by atoms with Crippen LogP contribution in [0.5, 0.6) is 5.75 Å². The molecule has 1 saturated heterocycles. The highest BCUT2D eigenvalue weighted by atomic mass is 32.1. The molecule has 3 aromatic rings. The normalized spacial score (nSPS) is 15.6. The minimum Gasteiger partial charge on any atom is -0.486 e. The first-order valence-corrected chi connectivity index (χ1v) is 14.4. The summed E-state index contributed by atoms with van der Waals surface area (Å²) in [5.41, 5.74) is 3.63. The average Bonchev–Trinajstić information content (AvgIpc) is 3.39. The number of oxazole rings is 1. The lowest BCUT2D eigenvalue weighted by atomic mass is 9.98. The summed E-state index contributed by atoms with van der Waals surface area (Å²) in [6.45, 7) is 6.62. The highest BCUT2D eigenvalue weighted by Gasteiger charge is 2.23. The molecule has 0 spiro atoms. The molecule has 4 heterocycles. The first-order chi connectivity index (χ1) is 20.4. The number of fused-ring (bicyclic) bond motifs is 1. The summed E-state index contributed by atoms with van der Waals surface area (Å²) in [5, 5.41) is 14.1. The lowest BCUT2D eigenvalue weighted by Gasteiger charge is -2.30. The van der Waals surface area contributed by atoms with E-state index in [1.165, 1.54) is 17.5 Å². The largest absolute Gasteiger partial charge is 0.486 e. The van der Waals surface area contributed by atoms with E-state index in [1.54, 1.807) is 13.2 Å². The number of anilines is 2. The quantitative estimate of drug-likeness (QED) is 0.244.